The van der Waals surface area contributed by atoms with Gasteiger partial charge in [-0.05, 0) is 25.7 Å². The zero-order valence-electron chi connectivity index (χ0n) is 11.9. The van der Waals surface area contributed by atoms with E-state index in [2.05, 4.69) is 6.58 Å². The normalized spacial score (nSPS) is 43.5. The summed E-state index contributed by atoms with van der Waals surface area (Å²) in [7, 11) is 0. The van der Waals surface area contributed by atoms with Gasteiger partial charge in [-0.3, -0.25) is 0 Å². The molecular formula is C15H24O5. The Balaban J connectivity index is 1.85. The minimum absolute atomic E-state index is 0.304. The maximum atomic E-state index is 9.96. The summed E-state index contributed by atoms with van der Waals surface area (Å²) in [6.07, 6.45) is 5.94. The Morgan fingerprint density at radius 1 is 1.00 bits per heavy atom. The molecule has 3 saturated heterocycles. The Morgan fingerprint density at radius 2 is 1.65 bits per heavy atom. The third-order valence-corrected chi connectivity index (χ3v) is 4.50. The van der Waals surface area contributed by atoms with Gasteiger partial charge in [-0.25, -0.2) is 0 Å². The maximum absolute atomic E-state index is 9.96. The quantitative estimate of drug-likeness (QED) is 0.783. The van der Waals surface area contributed by atoms with Gasteiger partial charge in [0.1, 0.15) is 12.2 Å². The molecule has 3 fully saturated rings. The molecule has 114 valence electrons. The fraction of sp³-hybridized carbons (Fsp3) is 0.867. The van der Waals surface area contributed by atoms with Gasteiger partial charge in [-0.1, -0.05) is 6.08 Å². The highest BCUT2D eigenvalue weighted by Crippen LogP contribution is 2.47. The Hall–Kier alpha value is -0.460. The van der Waals surface area contributed by atoms with Gasteiger partial charge in [-0.15, -0.1) is 6.58 Å². The van der Waals surface area contributed by atoms with Crippen LogP contribution >= 0.6 is 0 Å². The van der Waals surface area contributed by atoms with Gasteiger partial charge in [0.05, 0.1) is 19.8 Å². The molecule has 2 spiro atoms. The molecule has 0 aromatic carbocycles. The van der Waals surface area contributed by atoms with Crippen molar-refractivity contribution in [2.24, 2.45) is 0 Å². The van der Waals surface area contributed by atoms with Crippen LogP contribution in [0.3, 0.4) is 0 Å². The fourth-order valence-electron chi connectivity index (χ4n) is 3.36. The molecule has 3 rings (SSSR count). The van der Waals surface area contributed by atoms with Crippen molar-refractivity contribution in [3.05, 3.63) is 12.7 Å². The van der Waals surface area contributed by atoms with E-state index in [-0.39, 0.29) is 0 Å². The van der Waals surface area contributed by atoms with Gasteiger partial charge in [-0.2, -0.15) is 0 Å². The number of rotatable bonds is 2. The zero-order valence-corrected chi connectivity index (χ0v) is 11.9. The molecule has 0 radical (unpaired) electrons. The number of hydrogen-bond donors (Lipinski definition) is 1. The second-order valence-electron chi connectivity index (χ2n) is 5.81. The van der Waals surface area contributed by atoms with Crippen LogP contribution in [0.15, 0.2) is 12.7 Å². The fourth-order valence-corrected chi connectivity index (χ4v) is 3.36. The van der Waals surface area contributed by atoms with Crippen molar-refractivity contribution < 1.29 is 24.1 Å². The summed E-state index contributed by atoms with van der Waals surface area (Å²) < 4.78 is 24.2. The summed E-state index contributed by atoms with van der Waals surface area (Å²) in [5.74, 6) is -1.68. The van der Waals surface area contributed by atoms with Crippen molar-refractivity contribution in [2.75, 3.05) is 19.8 Å². The molecule has 3 heterocycles. The lowest BCUT2D eigenvalue weighted by atomic mass is 9.89. The van der Waals surface area contributed by atoms with Crippen molar-refractivity contribution >= 4 is 0 Å². The molecular weight excluding hydrogens is 260 g/mol. The number of aliphatic hydroxyl groups excluding tert-OH is 1. The average molecular weight is 284 g/mol. The zero-order chi connectivity index (χ0) is 14.1. The molecule has 20 heavy (non-hydrogen) atoms. The first-order valence-corrected chi connectivity index (χ1v) is 7.62. The van der Waals surface area contributed by atoms with Gasteiger partial charge in [0.25, 0.3) is 0 Å². The molecule has 0 amide bonds. The molecule has 0 bridgehead atoms. The molecule has 3 aliphatic heterocycles. The first-order valence-electron chi connectivity index (χ1n) is 7.62. The molecule has 5 nitrogen and oxygen atoms in total. The predicted octanol–water partition coefficient (Wildman–Crippen LogP) is 1.74. The van der Waals surface area contributed by atoms with Crippen molar-refractivity contribution in [1.82, 2.24) is 0 Å². The van der Waals surface area contributed by atoms with Crippen LogP contribution in [0.1, 0.15) is 38.5 Å². The molecule has 0 saturated carbocycles. The average Bonchev–Trinajstić information content (AvgIpc) is 2.51. The van der Waals surface area contributed by atoms with Crippen LogP contribution in [0.5, 0.6) is 0 Å². The Labute approximate surface area is 119 Å². The van der Waals surface area contributed by atoms with Crippen LogP contribution in [0, 0.1) is 0 Å². The minimum Gasteiger partial charge on any atom is -0.386 e. The van der Waals surface area contributed by atoms with E-state index >= 15 is 0 Å². The van der Waals surface area contributed by atoms with E-state index in [1.807, 2.05) is 0 Å². The third-order valence-electron chi connectivity index (χ3n) is 4.50. The largest absolute Gasteiger partial charge is 0.386 e. The third kappa shape index (κ3) is 2.31. The lowest BCUT2D eigenvalue weighted by molar-refractivity contribution is -0.469. The lowest BCUT2D eigenvalue weighted by Gasteiger charge is -2.56. The van der Waals surface area contributed by atoms with E-state index < -0.39 is 23.8 Å². The van der Waals surface area contributed by atoms with Crippen LogP contribution in [0.4, 0.5) is 0 Å². The standard InChI is InChI=1S/C15H24O5/c1-2-12(16)13-11-19-14(7-3-5-9-17-14)15(20-13)8-4-6-10-18-15/h2,12-13,16H,1,3-11H2/t12-,13-,14-,15-/m1/s1. The van der Waals surface area contributed by atoms with Crippen LogP contribution < -0.4 is 0 Å². The van der Waals surface area contributed by atoms with Crippen LogP contribution in [-0.4, -0.2) is 48.7 Å². The number of fused-ring (bicyclic) bond motifs is 1. The monoisotopic (exact) mass is 284 g/mol. The Kier molecular flexibility index (Phi) is 4.15. The van der Waals surface area contributed by atoms with E-state index in [1.54, 1.807) is 0 Å². The molecule has 0 aromatic rings. The topological polar surface area (TPSA) is 57.2 Å². The summed E-state index contributed by atoms with van der Waals surface area (Å²) in [6.45, 7) is 5.23. The number of hydrogen-bond acceptors (Lipinski definition) is 5. The highest BCUT2D eigenvalue weighted by molar-refractivity contribution is 4.99. The van der Waals surface area contributed by atoms with Gasteiger partial charge >= 0.3 is 0 Å². The van der Waals surface area contributed by atoms with Gasteiger partial charge in [0.2, 0.25) is 11.6 Å². The van der Waals surface area contributed by atoms with Gasteiger partial charge in [0.15, 0.2) is 0 Å². The number of ether oxygens (including phenoxy) is 4. The van der Waals surface area contributed by atoms with Gasteiger partial charge < -0.3 is 24.1 Å². The van der Waals surface area contributed by atoms with Crippen molar-refractivity contribution in [3.63, 3.8) is 0 Å². The first-order chi connectivity index (χ1) is 9.71. The SMILES string of the molecule is C=C[C@@H](O)[C@H]1CO[C@]2(CCCCO2)[C@@]2(CCCCO2)O1. The van der Waals surface area contributed by atoms with Crippen molar-refractivity contribution in [1.29, 1.82) is 0 Å². The molecule has 3 aliphatic rings. The van der Waals surface area contributed by atoms with Crippen LogP contribution in [0.2, 0.25) is 0 Å². The molecule has 4 atom stereocenters. The second kappa shape index (κ2) is 5.73. The molecule has 5 heteroatoms. The smallest absolute Gasteiger partial charge is 0.224 e. The summed E-state index contributed by atoms with van der Waals surface area (Å²) >= 11 is 0. The van der Waals surface area contributed by atoms with E-state index in [4.69, 9.17) is 18.9 Å². The highest BCUT2D eigenvalue weighted by Gasteiger charge is 2.61. The lowest BCUT2D eigenvalue weighted by Crippen LogP contribution is -2.68. The predicted molar refractivity (Wildman–Crippen MR) is 72.1 cm³/mol. The second-order valence-corrected chi connectivity index (χ2v) is 5.81. The van der Waals surface area contributed by atoms with E-state index in [9.17, 15) is 5.11 Å². The summed E-state index contributed by atoms with van der Waals surface area (Å²) in [4.78, 5) is 0. The maximum Gasteiger partial charge on any atom is 0.224 e. The van der Waals surface area contributed by atoms with E-state index in [0.717, 1.165) is 38.5 Å². The Morgan fingerprint density at radius 3 is 2.20 bits per heavy atom. The van der Waals surface area contributed by atoms with Crippen LogP contribution in [0.25, 0.3) is 0 Å². The first kappa shape index (κ1) is 14.5. The summed E-state index contributed by atoms with van der Waals surface area (Å²) in [5.41, 5.74) is 0. The van der Waals surface area contributed by atoms with Crippen molar-refractivity contribution in [2.45, 2.75) is 62.3 Å². The summed E-state index contributed by atoms with van der Waals surface area (Å²) in [6, 6.07) is 0. The minimum atomic E-state index is -0.876. The highest BCUT2D eigenvalue weighted by atomic mass is 16.8. The van der Waals surface area contributed by atoms with Crippen molar-refractivity contribution in [3.8, 4) is 0 Å². The van der Waals surface area contributed by atoms with E-state index in [1.165, 1.54) is 6.08 Å². The molecule has 0 unspecified atom stereocenters. The van der Waals surface area contributed by atoms with Crippen LogP contribution in [-0.2, 0) is 18.9 Å². The Bertz CT molecular complexity index is 344. The van der Waals surface area contributed by atoms with E-state index in [0.29, 0.717) is 19.8 Å². The van der Waals surface area contributed by atoms with Gasteiger partial charge in [0, 0.05) is 12.8 Å². The summed E-state index contributed by atoms with van der Waals surface area (Å²) in [5, 5.41) is 9.96. The number of aliphatic hydroxyl groups is 1. The molecule has 1 N–H and O–H groups in total. The molecule has 0 aromatic heterocycles. The molecule has 0 aliphatic carbocycles.